The molecule has 1 aliphatic rings. The minimum absolute atomic E-state index is 0.123. The van der Waals surface area contributed by atoms with Crippen molar-refractivity contribution in [1.29, 1.82) is 0 Å². The third kappa shape index (κ3) is 4.03. The molecule has 118 valence electrons. The van der Waals surface area contributed by atoms with Crippen LogP contribution in [0.5, 0.6) is 5.75 Å². The quantitative estimate of drug-likeness (QED) is 0.601. The Morgan fingerprint density at radius 2 is 1.86 bits per heavy atom. The molecule has 0 aromatic heterocycles. The lowest BCUT2D eigenvalue weighted by molar-refractivity contribution is 0.171. The van der Waals surface area contributed by atoms with Gasteiger partial charge in [-0.15, -0.1) is 0 Å². The number of rotatable bonds is 5. The first kappa shape index (κ1) is 16.9. The topological polar surface area (TPSA) is 9.23 Å². The number of benzene rings is 1. The second-order valence-corrected chi connectivity index (χ2v) is 8.12. The third-order valence-corrected chi connectivity index (χ3v) is 5.93. The Morgan fingerprint density at radius 3 is 2.38 bits per heavy atom. The maximum atomic E-state index is 6.31. The summed E-state index contributed by atoms with van der Waals surface area (Å²) in [5, 5.41) is 1.05. The van der Waals surface area contributed by atoms with Crippen molar-refractivity contribution >= 4 is 15.9 Å². The molecule has 0 aliphatic heterocycles. The molecular weight excluding hydrogens is 324 g/mol. The molecule has 0 atom stereocenters. The van der Waals surface area contributed by atoms with Crippen molar-refractivity contribution in [2.45, 2.75) is 65.2 Å². The molecule has 0 bridgehead atoms. The average molecular weight is 353 g/mol. The van der Waals surface area contributed by atoms with Crippen molar-refractivity contribution < 1.29 is 4.74 Å². The van der Waals surface area contributed by atoms with Gasteiger partial charge in [0.05, 0.1) is 6.61 Å². The van der Waals surface area contributed by atoms with E-state index in [9.17, 15) is 0 Å². The van der Waals surface area contributed by atoms with Crippen molar-refractivity contribution in [2.75, 3.05) is 11.9 Å². The lowest BCUT2D eigenvalue weighted by atomic mass is 9.85. The van der Waals surface area contributed by atoms with E-state index < -0.39 is 0 Å². The molecule has 2 rings (SSSR count). The highest BCUT2D eigenvalue weighted by Gasteiger charge is 2.34. The van der Waals surface area contributed by atoms with Gasteiger partial charge in [-0.2, -0.15) is 0 Å². The van der Waals surface area contributed by atoms with Crippen molar-refractivity contribution in [3.8, 4) is 5.75 Å². The van der Waals surface area contributed by atoms with Gasteiger partial charge in [-0.25, -0.2) is 0 Å². The van der Waals surface area contributed by atoms with Crippen molar-refractivity contribution in [1.82, 2.24) is 0 Å². The van der Waals surface area contributed by atoms with Crippen LogP contribution in [0.3, 0.4) is 0 Å². The maximum Gasteiger partial charge on any atom is 0.123 e. The van der Waals surface area contributed by atoms with E-state index in [0.29, 0.717) is 5.41 Å². The second kappa shape index (κ2) is 6.73. The van der Waals surface area contributed by atoms with Gasteiger partial charge < -0.3 is 4.74 Å². The number of alkyl halides is 1. The van der Waals surface area contributed by atoms with Crippen LogP contribution < -0.4 is 4.74 Å². The Hall–Kier alpha value is -0.500. The number of hydrogen-bond donors (Lipinski definition) is 0. The largest absolute Gasteiger partial charge is 0.493 e. The SMILES string of the molecule is CCc1ccc(OCC2(CBr)CCCC2)c(C(C)(C)C)c1. The first-order valence-corrected chi connectivity index (χ1v) is 9.34. The summed E-state index contributed by atoms with van der Waals surface area (Å²) in [4.78, 5) is 0. The van der Waals surface area contributed by atoms with Gasteiger partial charge in [-0.3, -0.25) is 0 Å². The molecule has 0 N–H and O–H groups in total. The molecule has 1 aromatic rings. The van der Waals surface area contributed by atoms with Crippen molar-refractivity contribution in [3.63, 3.8) is 0 Å². The van der Waals surface area contributed by atoms with Gasteiger partial charge >= 0.3 is 0 Å². The third-order valence-electron chi connectivity index (χ3n) is 4.74. The molecule has 1 aromatic carbocycles. The fourth-order valence-corrected chi connectivity index (χ4v) is 3.90. The van der Waals surface area contributed by atoms with Gasteiger partial charge in [0, 0.05) is 10.7 Å². The monoisotopic (exact) mass is 352 g/mol. The zero-order valence-electron chi connectivity index (χ0n) is 14.0. The minimum atomic E-state index is 0.123. The van der Waals surface area contributed by atoms with E-state index in [1.165, 1.54) is 36.8 Å². The molecule has 0 radical (unpaired) electrons. The number of aryl methyl sites for hydroxylation is 1. The fraction of sp³-hybridized carbons (Fsp3) is 0.684. The highest BCUT2D eigenvalue weighted by Crippen LogP contribution is 2.41. The van der Waals surface area contributed by atoms with Gasteiger partial charge in [-0.1, -0.05) is 68.6 Å². The maximum absolute atomic E-state index is 6.31. The molecular formula is C19H29BrO. The van der Waals surface area contributed by atoms with Crippen LogP contribution in [0.15, 0.2) is 18.2 Å². The van der Waals surface area contributed by atoms with Crippen LogP contribution in [0, 0.1) is 5.41 Å². The summed E-state index contributed by atoms with van der Waals surface area (Å²) in [5.41, 5.74) is 3.20. The van der Waals surface area contributed by atoms with Crippen LogP contribution in [0.4, 0.5) is 0 Å². The van der Waals surface area contributed by atoms with Crippen LogP contribution in [0.1, 0.15) is 64.5 Å². The number of ether oxygens (including phenoxy) is 1. The van der Waals surface area contributed by atoms with Crippen LogP contribution in [0.2, 0.25) is 0 Å². The van der Waals surface area contributed by atoms with E-state index in [2.05, 4.69) is 61.8 Å². The Labute approximate surface area is 138 Å². The number of halogens is 1. The van der Waals surface area contributed by atoms with Gasteiger partial charge in [-0.05, 0) is 41.9 Å². The smallest absolute Gasteiger partial charge is 0.123 e. The average Bonchev–Trinajstić information content (AvgIpc) is 2.93. The van der Waals surface area contributed by atoms with Gasteiger partial charge in [0.25, 0.3) is 0 Å². The van der Waals surface area contributed by atoms with Gasteiger partial charge in [0.1, 0.15) is 5.75 Å². The summed E-state index contributed by atoms with van der Waals surface area (Å²) in [6.45, 7) is 9.85. The predicted molar refractivity (Wildman–Crippen MR) is 94.7 cm³/mol. The van der Waals surface area contributed by atoms with Crippen LogP contribution >= 0.6 is 15.9 Å². The van der Waals surface area contributed by atoms with Crippen LogP contribution in [-0.4, -0.2) is 11.9 Å². The predicted octanol–water partition coefficient (Wildman–Crippen LogP) is 5.88. The Bertz CT molecular complexity index is 467. The molecule has 0 heterocycles. The zero-order chi connectivity index (χ0) is 15.5. The molecule has 1 saturated carbocycles. The molecule has 1 fully saturated rings. The van der Waals surface area contributed by atoms with Gasteiger partial charge in [0.2, 0.25) is 0 Å². The van der Waals surface area contributed by atoms with E-state index in [-0.39, 0.29) is 5.41 Å². The molecule has 0 spiro atoms. The lowest BCUT2D eigenvalue weighted by Gasteiger charge is -2.29. The van der Waals surface area contributed by atoms with E-state index in [1.54, 1.807) is 0 Å². The first-order valence-electron chi connectivity index (χ1n) is 8.22. The molecule has 1 nitrogen and oxygen atoms in total. The standard InChI is InChI=1S/C19H29BrO/c1-5-15-8-9-17(16(12-15)18(2,3)4)21-14-19(13-20)10-6-7-11-19/h8-9,12H,5-7,10-11,13-14H2,1-4H3. The lowest BCUT2D eigenvalue weighted by Crippen LogP contribution is -2.27. The zero-order valence-corrected chi connectivity index (χ0v) is 15.6. The van der Waals surface area contributed by atoms with Crippen molar-refractivity contribution in [2.24, 2.45) is 5.41 Å². The summed E-state index contributed by atoms with van der Waals surface area (Å²) in [6.07, 6.45) is 6.34. The molecule has 21 heavy (non-hydrogen) atoms. The fourth-order valence-electron chi connectivity index (χ4n) is 3.18. The molecule has 1 aliphatic carbocycles. The van der Waals surface area contributed by atoms with E-state index in [0.717, 1.165) is 24.1 Å². The van der Waals surface area contributed by atoms with E-state index >= 15 is 0 Å². The van der Waals surface area contributed by atoms with E-state index in [1.807, 2.05) is 0 Å². The van der Waals surface area contributed by atoms with Gasteiger partial charge in [0.15, 0.2) is 0 Å². The molecule has 0 unspecified atom stereocenters. The molecule has 2 heteroatoms. The van der Waals surface area contributed by atoms with Crippen LogP contribution in [-0.2, 0) is 11.8 Å². The second-order valence-electron chi connectivity index (χ2n) is 7.56. The van der Waals surface area contributed by atoms with E-state index in [4.69, 9.17) is 4.74 Å². The summed E-state index contributed by atoms with van der Waals surface area (Å²) < 4.78 is 6.31. The minimum Gasteiger partial charge on any atom is -0.493 e. The summed E-state index contributed by atoms with van der Waals surface area (Å²) in [5.74, 6) is 1.08. The summed E-state index contributed by atoms with van der Waals surface area (Å²) in [7, 11) is 0. The summed E-state index contributed by atoms with van der Waals surface area (Å²) >= 11 is 3.71. The number of hydrogen-bond acceptors (Lipinski definition) is 1. The Kier molecular flexibility index (Phi) is 5.40. The first-order chi connectivity index (χ1) is 9.90. The summed E-state index contributed by atoms with van der Waals surface area (Å²) in [6, 6.07) is 6.71. The molecule has 0 amide bonds. The highest BCUT2D eigenvalue weighted by molar-refractivity contribution is 9.09. The molecule has 0 saturated heterocycles. The Balaban J connectivity index is 2.19. The normalized spacial score (nSPS) is 18.0. The Morgan fingerprint density at radius 1 is 1.19 bits per heavy atom. The highest BCUT2D eigenvalue weighted by atomic mass is 79.9. The van der Waals surface area contributed by atoms with Crippen LogP contribution in [0.25, 0.3) is 0 Å². The van der Waals surface area contributed by atoms with Crippen molar-refractivity contribution in [3.05, 3.63) is 29.3 Å².